The zero-order chi connectivity index (χ0) is 11.7. The molecule has 2 fully saturated rings. The van der Waals surface area contributed by atoms with Gasteiger partial charge in [-0.15, -0.1) is 0 Å². The van der Waals surface area contributed by atoms with Crippen LogP contribution in [-0.2, 0) is 9.59 Å². The summed E-state index contributed by atoms with van der Waals surface area (Å²) >= 11 is 0. The molecule has 2 aliphatic heterocycles. The number of hydrogen-bond donors (Lipinski definition) is 2. The van der Waals surface area contributed by atoms with Crippen LogP contribution in [-0.4, -0.2) is 47.1 Å². The van der Waals surface area contributed by atoms with Crippen LogP contribution in [0.15, 0.2) is 0 Å². The topological polar surface area (TPSA) is 69.6 Å². The number of amides is 2. The number of aliphatic hydroxyl groups excluding tert-OH is 1. The van der Waals surface area contributed by atoms with Crippen LogP contribution in [0.25, 0.3) is 0 Å². The van der Waals surface area contributed by atoms with Crippen LogP contribution in [0.4, 0.5) is 0 Å². The highest BCUT2D eigenvalue weighted by Crippen LogP contribution is 2.25. The summed E-state index contributed by atoms with van der Waals surface area (Å²) in [4.78, 5) is 24.9. The molecule has 0 spiro atoms. The number of hydrogen-bond acceptors (Lipinski definition) is 3. The van der Waals surface area contributed by atoms with Crippen molar-refractivity contribution < 1.29 is 14.7 Å². The van der Waals surface area contributed by atoms with Crippen molar-refractivity contribution in [2.75, 3.05) is 13.2 Å². The van der Waals surface area contributed by atoms with Crippen molar-refractivity contribution in [1.29, 1.82) is 0 Å². The Hall–Kier alpha value is -1.10. The van der Waals surface area contributed by atoms with E-state index in [0.29, 0.717) is 25.3 Å². The highest BCUT2D eigenvalue weighted by atomic mass is 16.3. The van der Waals surface area contributed by atoms with Crippen molar-refractivity contribution in [3.63, 3.8) is 0 Å². The van der Waals surface area contributed by atoms with E-state index >= 15 is 0 Å². The number of nitrogens with one attached hydrogen (secondary N) is 1. The normalized spacial score (nSPS) is 34.2. The number of carbonyl (C=O) groups is 2. The molecule has 3 atom stereocenters. The standard InChI is InChI=1S/C11H18N2O3/c1-7-4-5-13(9(7)6-14)11(16)8-2-3-10(15)12-8/h7-9,14H,2-6H2,1H3,(H,12,15). The van der Waals surface area contributed by atoms with E-state index in [0.717, 1.165) is 6.42 Å². The lowest BCUT2D eigenvalue weighted by Crippen LogP contribution is -2.48. The van der Waals surface area contributed by atoms with Crippen LogP contribution in [0, 0.1) is 5.92 Å². The van der Waals surface area contributed by atoms with E-state index in [9.17, 15) is 14.7 Å². The summed E-state index contributed by atoms with van der Waals surface area (Å²) in [5, 5.41) is 11.9. The smallest absolute Gasteiger partial charge is 0.245 e. The zero-order valence-corrected chi connectivity index (χ0v) is 9.48. The summed E-state index contributed by atoms with van der Waals surface area (Å²) < 4.78 is 0. The molecule has 0 saturated carbocycles. The Balaban J connectivity index is 2.01. The van der Waals surface area contributed by atoms with Crippen molar-refractivity contribution in [3.05, 3.63) is 0 Å². The number of carbonyl (C=O) groups excluding carboxylic acids is 2. The third kappa shape index (κ3) is 1.91. The van der Waals surface area contributed by atoms with Gasteiger partial charge in [0, 0.05) is 13.0 Å². The van der Waals surface area contributed by atoms with Crippen molar-refractivity contribution in [2.24, 2.45) is 5.92 Å². The van der Waals surface area contributed by atoms with Gasteiger partial charge in [0.05, 0.1) is 12.6 Å². The fraction of sp³-hybridized carbons (Fsp3) is 0.818. The molecular weight excluding hydrogens is 208 g/mol. The Morgan fingerprint density at radius 3 is 2.88 bits per heavy atom. The molecule has 3 unspecified atom stereocenters. The lowest BCUT2D eigenvalue weighted by molar-refractivity contribution is -0.136. The van der Waals surface area contributed by atoms with Crippen LogP contribution in [0.2, 0.25) is 0 Å². The molecule has 2 rings (SSSR count). The molecule has 2 N–H and O–H groups in total. The van der Waals surface area contributed by atoms with Gasteiger partial charge >= 0.3 is 0 Å². The molecule has 2 saturated heterocycles. The van der Waals surface area contributed by atoms with E-state index in [2.05, 4.69) is 5.32 Å². The zero-order valence-electron chi connectivity index (χ0n) is 9.48. The average molecular weight is 226 g/mol. The maximum absolute atomic E-state index is 12.1. The predicted octanol–water partition coefficient (Wildman–Crippen LogP) is -0.506. The lowest BCUT2D eigenvalue weighted by Gasteiger charge is -2.27. The van der Waals surface area contributed by atoms with Crippen molar-refractivity contribution in [3.8, 4) is 0 Å². The first-order chi connectivity index (χ1) is 7.63. The van der Waals surface area contributed by atoms with Gasteiger partial charge in [0.15, 0.2) is 0 Å². The van der Waals surface area contributed by atoms with Crippen LogP contribution in [0.1, 0.15) is 26.2 Å². The summed E-state index contributed by atoms with van der Waals surface area (Å²) in [6.45, 7) is 2.74. The molecular formula is C11H18N2O3. The summed E-state index contributed by atoms with van der Waals surface area (Å²) in [5.41, 5.74) is 0. The van der Waals surface area contributed by atoms with E-state index in [4.69, 9.17) is 0 Å². The Bertz CT molecular complexity index is 306. The first-order valence-electron chi connectivity index (χ1n) is 5.84. The molecule has 0 aromatic carbocycles. The molecule has 2 heterocycles. The van der Waals surface area contributed by atoms with Gasteiger partial charge in [0.2, 0.25) is 11.8 Å². The minimum Gasteiger partial charge on any atom is -0.394 e. The van der Waals surface area contributed by atoms with Gasteiger partial charge in [-0.3, -0.25) is 9.59 Å². The summed E-state index contributed by atoms with van der Waals surface area (Å²) in [6, 6.07) is -0.447. The summed E-state index contributed by atoms with van der Waals surface area (Å²) in [5.74, 6) is 0.256. The monoisotopic (exact) mass is 226 g/mol. The Kier molecular flexibility index (Phi) is 3.14. The predicted molar refractivity (Wildman–Crippen MR) is 57.5 cm³/mol. The first-order valence-corrected chi connectivity index (χ1v) is 5.84. The minimum absolute atomic E-state index is 0.00751. The number of rotatable bonds is 2. The molecule has 5 heteroatoms. The molecule has 5 nitrogen and oxygen atoms in total. The second-order valence-corrected chi connectivity index (χ2v) is 4.71. The van der Waals surface area contributed by atoms with Gasteiger partial charge in [-0.05, 0) is 18.8 Å². The Labute approximate surface area is 94.8 Å². The number of nitrogens with zero attached hydrogens (tertiary/aromatic N) is 1. The molecule has 16 heavy (non-hydrogen) atoms. The van der Waals surface area contributed by atoms with Gasteiger partial charge < -0.3 is 15.3 Å². The Morgan fingerprint density at radius 1 is 1.56 bits per heavy atom. The molecule has 90 valence electrons. The fourth-order valence-corrected chi connectivity index (χ4v) is 2.56. The van der Waals surface area contributed by atoms with Gasteiger partial charge in [-0.25, -0.2) is 0 Å². The number of likely N-dealkylation sites (tertiary alicyclic amines) is 1. The van der Waals surface area contributed by atoms with E-state index in [1.165, 1.54) is 0 Å². The second kappa shape index (κ2) is 4.41. The molecule has 0 aromatic rings. The van der Waals surface area contributed by atoms with Crippen molar-refractivity contribution >= 4 is 11.8 Å². The third-order valence-electron chi connectivity index (χ3n) is 3.65. The van der Waals surface area contributed by atoms with Crippen LogP contribution < -0.4 is 5.32 Å². The fourth-order valence-electron chi connectivity index (χ4n) is 2.56. The van der Waals surface area contributed by atoms with E-state index < -0.39 is 0 Å². The summed E-state index contributed by atoms with van der Waals surface area (Å²) in [6.07, 6.45) is 1.95. The first kappa shape index (κ1) is 11.4. The van der Waals surface area contributed by atoms with Gasteiger partial charge in [-0.2, -0.15) is 0 Å². The number of aliphatic hydroxyl groups is 1. The maximum Gasteiger partial charge on any atom is 0.245 e. The SMILES string of the molecule is CC1CCN(C(=O)C2CCC(=O)N2)C1CO. The van der Waals surface area contributed by atoms with Gasteiger partial charge in [0.25, 0.3) is 0 Å². The molecule has 2 aliphatic rings. The van der Waals surface area contributed by atoms with E-state index in [1.54, 1.807) is 4.90 Å². The maximum atomic E-state index is 12.1. The van der Waals surface area contributed by atoms with Crippen LogP contribution in [0.5, 0.6) is 0 Å². The quantitative estimate of drug-likeness (QED) is 0.666. The molecule has 0 radical (unpaired) electrons. The van der Waals surface area contributed by atoms with Crippen LogP contribution >= 0.6 is 0 Å². The average Bonchev–Trinajstić information content (AvgIpc) is 2.83. The minimum atomic E-state index is -0.369. The van der Waals surface area contributed by atoms with Crippen molar-refractivity contribution in [2.45, 2.75) is 38.3 Å². The van der Waals surface area contributed by atoms with Crippen LogP contribution in [0.3, 0.4) is 0 Å². The van der Waals surface area contributed by atoms with E-state index in [1.807, 2.05) is 6.92 Å². The highest BCUT2D eigenvalue weighted by molar-refractivity contribution is 5.91. The second-order valence-electron chi connectivity index (χ2n) is 4.71. The largest absolute Gasteiger partial charge is 0.394 e. The molecule has 0 aromatic heterocycles. The third-order valence-corrected chi connectivity index (χ3v) is 3.65. The van der Waals surface area contributed by atoms with Gasteiger partial charge in [0.1, 0.15) is 6.04 Å². The lowest BCUT2D eigenvalue weighted by atomic mass is 10.0. The molecule has 0 bridgehead atoms. The Morgan fingerprint density at radius 2 is 2.31 bits per heavy atom. The highest BCUT2D eigenvalue weighted by Gasteiger charge is 2.38. The van der Waals surface area contributed by atoms with Crippen molar-refractivity contribution in [1.82, 2.24) is 10.2 Å². The molecule has 2 amide bonds. The van der Waals surface area contributed by atoms with Gasteiger partial charge in [-0.1, -0.05) is 6.92 Å². The molecule has 0 aliphatic carbocycles. The van der Waals surface area contributed by atoms with E-state index in [-0.39, 0.29) is 30.5 Å². The summed E-state index contributed by atoms with van der Waals surface area (Å²) in [7, 11) is 0.